The zero-order valence-corrected chi connectivity index (χ0v) is 10.9. The van der Waals surface area contributed by atoms with Gasteiger partial charge in [-0.25, -0.2) is 4.98 Å². The molecule has 3 rings (SSSR count). The first-order valence-electron chi connectivity index (χ1n) is 5.96. The first kappa shape index (κ1) is 12.1. The first-order valence-corrected chi connectivity index (χ1v) is 6.84. The summed E-state index contributed by atoms with van der Waals surface area (Å²) in [6, 6.07) is 5.28. The number of amides is 1. The summed E-state index contributed by atoms with van der Waals surface area (Å²) in [4.78, 5) is 27.1. The molecule has 0 atom stereocenters. The molecule has 98 valence electrons. The molecule has 0 spiro atoms. The van der Waals surface area contributed by atoms with E-state index in [1.54, 1.807) is 23.7 Å². The van der Waals surface area contributed by atoms with Gasteiger partial charge in [0.25, 0.3) is 5.91 Å². The van der Waals surface area contributed by atoms with Crippen LogP contribution in [0, 0.1) is 5.41 Å². The number of carbonyl (C=O) groups is 2. The van der Waals surface area contributed by atoms with E-state index in [1.807, 2.05) is 0 Å². The van der Waals surface area contributed by atoms with Gasteiger partial charge >= 0.3 is 5.97 Å². The van der Waals surface area contributed by atoms with Crippen molar-refractivity contribution in [2.45, 2.75) is 12.8 Å². The normalized spacial score (nSPS) is 16.2. The summed E-state index contributed by atoms with van der Waals surface area (Å²) in [7, 11) is 0. The highest BCUT2D eigenvalue weighted by atomic mass is 32.1. The zero-order valence-electron chi connectivity index (χ0n) is 10.0. The van der Waals surface area contributed by atoms with E-state index in [9.17, 15) is 9.59 Å². The summed E-state index contributed by atoms with van der Waals surface area (Å²) < 4.78 is 0.951. The molecule has 0 saturated heterocycles. The Morgan fingerprint density at radius 1 is 1.42 bits per heavy atom. The average Bonchev–Trinajstić information content (AvgIpc) is 3.06. The number of nitrogens with zero attached hydrogens (tertiary/aromatic N) is 1. The van der Waals surface area contributed by atoms with Crippen molar-refractivity contribution < 1.29 is 14.7 Å². The topological polar surface area (TPSA) is 79.3 Å². The summed E-state index contributed by atoms with van der Waals surface area (Å²) in [6.45, 7) is 0.196. The van der Waals surface area contributed by atoms with Crippen LogP contribution >= 0.6 is 11.3 Å². The number of carboxylic acid groups (broad SMARTS) is 1. The Labute approximate surface area is 113 Å². The summed E-state index contributed by atoms with van der Waals surface area (Å²) in [5.41, 5.74) is 2.41. The predicted octanol–water partition coefficient (Wildman–Crippen LogP) is 1.89. The van der Waals surface area contributed by atoms with Gasteiger partial charge in [0.2, 0.25) is 0 Å². The maximum absolute atomic E-state index is 12.0. The number of carboxylic acids is 1. The van der Waals surface area contributed by atoms with Gasteiger partial charge in [-0.3, -0.25) is 9.59 Å². The molecule has 5 nitrogen and oxygen atoms in total. The first-order chi connectivity index (χ1) is 9.11. The molecular weight excluding hydrogens is 264 g/mol. The van der Waals surface area contributed by atoms with Crippen molar-refractivity contribution in [3.8, 4) is 0 Å². The molecule has 1 aliphatic rings. The molecule has 1 aliphatic carbocycles. The van der Waals surface area contributed by atoms with E-state index in [0.717, 1.165) is 10.2 Å². The summed E-state index contributed by atoms with van der Waals surface area (Å²) >= 11 is 1.47. The molecule has 0 unspecified atom stereocenters. The lowest BCUT2D eigenvalue weighted by atomic mass is 10.1. The van der Waals surface area contributed by atoms with Crippen molar-refractivity contribution in [2.75, 3.05) is 6.54 Å². The standard InChI is InChI=1S/C13H12N2O3S/c16-11(14-6-13(3-4-13)12(17)18)8-1-2-9-10(5-8)19-7-15-9/h1-2,5,7H,3-4,6H2,(H,14,16)(H,17,18). The minimum atomic E-state index is -0.828. The Kier molecular flexibility index (Phi) is 2.74. The van der Waals surface area contributed by atoms with Gasteiger partial charge in [-0.05, 0) is 31.0 Å². The average molecular weight is 276 g/mol. The summed E-state index contributed by atoms with van der Waals surface area (Å²) in [5, 5.41) is 11.7. The highest BCUT2D eigenvalue weighted by molar-refractivity contribution is 7.16. The van der Waals surface area contributed by atoms with E-state index in [-0.39, 0.29) is 12.5 Å². The van der Waals surface area contributed by atoms with Crippen molar-refractivity contribution in [2.24, 2.45) is 5.41 Å². The van der Waals surface area contributed by atoms with Gasteiger partial charge in [0.05, 0.1) is 21.1 Å². The van der Waals surface area contributed by atoms with Gasteiger partial charge in [0, 0.05) is 12.1 Å². The molecule has 2 aromatic rings. The van der Waals surface area contributed by atoms with Gasteiger partial charge in [-0.2, -0.15) is 0 Å². The van der Waals surface area contributed by atoms with Crippen LogP contribution in [0.5, 0.6) is 0 Å². The highest BCUT2D eigenvalue weighted by Gasteiger charge is 2.50. The molecule has 1 aromatic carbocycles. The van der Waals surface area contributed by atoms with Gasteiger partial charge in [-0.15, -0.1) is 11.3 Å². The largest absolute Gasteiger partial charge is 0.481 e. The van der Waals surface area contributed by atoms with Crippen LogP contribution in [0.25, 0.3) is 10.2 Å². The van der Waals surface area contributed by atoms with Crippen LogP contribution in [0.4, 0.5) is 0 Å². The third-order valence-electron chi connectivity index (χ3n) is 3.49. The van der Waals surface area contributed by atoms with E-state index in [1.165, 1.54) is 11.3 Å². The number of rotatable bonds is 4. The second-order valence-corrected chi connectivity index (χ2v) is 5.69. The number of nitrogens with one attached hydrogen (secondary N) is 1. The highest BCUT2D eigenvalue weighted by Crippen LogP contribution is 2.45. The van der Waals surface area contributed by atoms with E-state index >= 15 is 0 Å². The van der Waals surface area contributed by atoms with Crippen molar-refractivity contribution >= 4 is 33.4 Å². The third kappa shape index (κ3) is 2.19. The quantitative estimate of drug-likeness (QED) is 0.893. The molecule has 1 aromatic heterocycles. The summed E-state index contributed by atoms with van der Waals surface area (Å²) in [5.74, 6) is -1.06. The Balaban J connectivity index is 1.71. The lowest BCUT2D eigenvalue weighted by Crippen LogP contribution is -2.34. The van der Waals surface area contributed by atoms with Gasteiger partial charge in [-0.1, -0.05) is 0 Å². The lowest BCUT2D eigenvalue weighted by Gasteiger charge is -2.11. The number of hydrogen-bond acceptors (Lipinski definition) is 4. The fourth-order valence-corrected chi connectivity index (χ4v) is 2.68. The molecule has 1 amide bonds. The fraction of sp³-hybridized carbons (Fsp3) is 0.308. The van der Waals surface area contributed by atoms with E-state index in [2.05, 4.69) is 10.3 Å². The molecule has 0 radical (unpaired) electrons. The molecule has 1 fully saturated rings. The van der Waals surface area contributed by atoms with E-state index in [4.69, 9.17) is 5.11 Å². The second-order valence-electron chi connectivity index (χ2n) is 4.80. The Hall–Kier alpha value is -1.95. The van der Waals surface area contributed by atoms with Crippen molar-refractivity contribution in [3.63, 3.8) is 0 Å². The minimum Gasteiger partial charge on any atom is -0.481 e. The number of thiazole rings is 1. The monoisotopic (exact) mass is 276 g/mol. The second kappa shape index (κ2) is 4.31. The van der Waals surface area contributed by atoms with Crippen LogP contribution in [0.1, 0.15) is 23.2 Å². The SMILES string of the molecule is O=C(NCC1(C(=O)O)CC1)c1ccc2ncsc2c1. The molecule has 1 heterocycles. The number of aliphatic carboxylic acids is 1. The van der Waals surface area contributed by atoms with Crippen molar-refractivity contribution in [1.82, 2.24) is 10.3 Å². The molecule has 0 bridgehead atoms. The lowest BCUT2D eigenvalue weighted by molar-refractivity contribution is -0.143. The van der Waals surface area contributed by atoms with Crippen LogP contribution in [-0.2, 0) is 4.79 Å². The van der Waals surface area contributed by atoms with Crippen LogP contribution in [-0.4, -0.2) is 28.5 Å². The minimum absolute atomic E-state index is 0.196. The van der Waals surface area contributed by atoms with Crippen molar-refractivity contribution in [1.29, 1.82) is 0 Å². The zero-order chi connectivity index (χ0) is 13.5. The number of carbonyl (C=O) groups excluding carboxylic acids is 1. The van der Waals surface area contributed by atoms with E-state index < -0.39 is 11.4 Å². The van der Waals surface area contributed by atoms with Crippen molar-refractivity contribution in [3.05, 3.63) is 29.3 Å². The van der Waals surface area contributed by atoms with Gasteiger partial charge in [0.1, 0.15) is 0 Å². The maximum atomic E-state index is 12.0. The fourth-order valence-electron chi connectivity index (χ4n) is 1.97. The summed E-state index contributed by atoms with van der Waals surface area (Å²) in [6.07, 6.45) is 1.27. The van der Waals surface area contributed by atoms with Gasteiger partial charge < -0.3 is 10.4 Å². The smallest absolute Gasteiger partial charge is 0.311 e. The maximum Gasteiger partial charge on any atom is 0.311 e. The van der Waals surface area contributed by atoms with Crippen LogP contribution in [0.3, 0.4) is 0 Å². The van der Waals surface area contributed by atoms with Crippen LogP contribution in [0.15, 0.2) is 23.7 Å². The molecule has 0 aliphatic heterocycles. The number of benzene rings is 1. The number of fused-ring (bicyclic) bond motifs is 1. The number of aromatic nitrogens is 1. The van der Waals surface area contributed by atoms with E-state index in [0.29, 0.717) is 18.4 Å². The molecular formula is C13H12N2O3S. The molecule has 6 heteroatoms. The Morgan fingerprint density at radius 3 is 2.89 bits per heavy atom. The molecule has 2 N–H and O–H groups in total. The number of hydrogen-bond donors (Lipinski definition) is 2. The van der Waals surface area contributed by atoms with Crippen LogP contribution in [0.2, 0.25) is 0 Å². The Morgan fingerprint density at radius 2 is 2.21 bits per heavy atom. The third-order valence-corrected chi connectivity index (χ3v) is 4.28. The van der Waals surface area contributed by atoms with Gasteiger partial charge in [0.15, 0.2) is 0 Å². The molecule has 19 heavy (non-hydrogen) atoms. The predicted molar refractivity (Wildman–Crippen MR) is 71.3 cm³/mol. The molecule has 1 saturated carbocycles. The van der Waals surface area contributed by atoms with Crippen LogP contribution < -0.4 is 5.32 Å². The Bertz CT molecular complexity index is 661.